The van der Waals surface area contributed by atoms with Crippen LogP contribution in [0, 0.1) is 5.92 Å². The van der Waals surface area contributed by atoms with Crippen LogP contribution in [-0.4, -0.2) is 13.7 Å². The van der Waals surface area contributed by atoms with Crippen molar-refractivity contribution < 1.29 is 4.74 Å². The molecular weight excluding hydrogens is 198 g/mol. The zero-order chi connectivity index (χ0) is 11.2. The molecule has 0 radical (unpaired) electrons. The summed E-state index contributed by atoms with van der Waals surface area (Å²) in [6.45, 7) is 2.11. The van der Waals surface area contributed by atoms with Gasteiger partial charge in [-0.15, -0.1) is 0 Å². The number of methoxy groups -OCH3 is 1. The molecular formula is C14H21NO. The minimum atomic E-state index is 0.928. The van der Waals surface area contributed by atoms with Gasteiger partial charge < -0.3 is 10.1 Å². The Hall–Kier alpha value is -1.02. The molecule has 0 atom stereocenters. The van der Waals surface area contributed by atoms with Crippen LogP contribution in [0.2, 0.25) is 0 Å². The van der Waals surface area contributed by atoms with Gasteiger partial charge in [-0.2, -0.15) is 0 Å². The van der Waals surface area contributed by atoms with Crippen molar-refractivity contribution >= 4 is 0 Å². The van der Waals surface area contributed by atoms with Crippen molar-refractivity contribution in [1.82, 2.24) is 5.32 Å². The van der Waals surface area contributed by atoms with Crippen molar-refractivity contribution in [3.8, 4) is 5.75 Å². The summed E-state index contributed by atoms with van der Waals surface area (Å²) in [5.41, 5.74) is 1.33. The van der Waals surface area contributed by atoms with Crippen molar-refractivity contribution in [2.75, 3.05) is 13.7 Å². The van der Waals surface area contributed by atoms with Crippen LogP contribution in [0.25, 0.3) is 0 Å². The molecule has 1 aromatic rings. The van der Waals surface area contributed by atoms with Gasteiger partial charge in [0.15, 0.2) is 0 Å². The third-order valence-electron chi connectivity index (χ3n) is 3.15. The maximum absolute atomic E-state index is 5.13. The van der Waals surface area contributed by atoms with Crippen molar-refractivity contribution in [3.63, 3.8) is 0 Å². The first-order valence-corrected chi connectivity index (χ1v) is 6.22. The highest BCUT2D eigenvalue weighted by atomic mass is 16.5. The topological polar surface area (TPSA) is 21.3 Å². The highest BCUT2D eigenvalue weighted by molar-refractivity contribution is 5.26. The second-order valence-electron chi connectivity index (χ2n) is 4.61. The summed E-state index contributed by atoms with van der Waals surface area (Å²) in [4.78, 5) is 0. The molecule has 1 aliphatic carbocycles. The van der Waals surface area contributed by atoms with Crippen LogP contribution in [0.3, 0.4) is 0 Å². The van der Waals surface area contributed by atoms with Crippen LogP contribution in [0.1, 0.15) is 31.2 Å². The van der Waals surface area contributed by atoms with Crippen molar-refractivity contribution in [1.29, 1.82) is 0 Å². The van der Waals surface area contributed by atoms with Gasteiger partial charge in [-0.05, 0) is 43.0 Å². The molecule has 0 unspecified atom stereocenters. The third-order valence-corrected chi connectivity index (χ3v) is 3.15. The molecule has 0 heterocycles. The molecule has 1 aliphatic rings. The lowest BCUT2D eigenvalue weighted by atomic mass is 10.2. The number of hydrogen-bond acceptors (Lipinski definition) is 2. The van der Waals surface area contributed by atoms with Crippen LogP contribution in [0.5, 0.6) is 5.75 Å². The smallest absolute Gasteiger partial charge is 0.118 e. The molecule has 0 saturated heterocycles. The van der Waals surface area contributed by atoms with Crippen LogP contribution in [-0.2, 0) is 6.54 Å². The average molecular weight is 219 g/mol. The van der Waals surface area contributed by atoms with Gasteiger partial charge in [0.05, 0.1) is 7.11 Å². The molecule has 0 spiro atoms. The van der Waals surface area contributed by atoms with Crippen LogP contribution >= 0.6 is 0 Å². The zero-order valence-electron chi connectivity index (χ0n) is 10.0. The molecule has 2 nitrogen and oxygen atoms in total. The SMILES string of the molecule is COc1ccc(CNCCCC2CC2)cc1. The molecule has 2 rings (SSSR count). The van der Waals surface area contributed by atoms with Crippen LogP contribution < -0.4 is 10.1 Å². The third kappa shape index (κ3) is 3.86. The minimum absolute atomic E-state index is 0.928. The zero-order valence-corrected chi connectivity index (χ0v) is 10.0. The van der Waals surface area contributed by atoms with Gasteiger partial charge in [0.1, 0.15) is 5.75 Å². The fourth-order valence-corrected chi connectivity index (χ4v) is 1.90. The summed E-state index contributed by atoms with van der Waals surface area (Å²) in [7, 11) is 1.70. The molecule has 1 N–H and O–H groups in total. The highest BCUT2D eigenvalue weighted by Crippen LogP contribution is 2.33. The lowest BCUT2D eigenvalue weighted by Gasteiger charge is -2.05. The molecule has 0 aliphatic heterocycles. The van der Waals surface area contributed by atoms with E-state index in [4.69, 9.17) is 4.74 Å². The first kappa shape index (κ1) is 11.5. The molecule has 16 heavy (non-hydrogen) atoms. The van der Waals surface area contributed by atoms with E-state index in [0.717, 1.165) is 24.8 Å². The van der Waals surface area contributed by atoms with E-state index in [0.29, 0.717) is 0 Å². The normalized spacial score (nSPS) is 15.1. The molecule has 1 fully saturated rings. The minimum Gasteiger partial charge on any atom is -0.497 e. The fourth-order valence-electron chi connectivity index (χ4n) is 1.90. The van der Waals surface area contributed by atoms with Crippen LogP contribution in [0.4, 0.5) is 0 Å². The van der Waals surface area contributed by atoms with E-state index in [-0.39, 0.29) is 0 Å². The lowest BCUT2D eigenvalue weighted by Crippen LogP contribution is -2.14. The van der Waals surface area contributed by atoms with Crippen molar-refractivity contribution in [3.05, 3.63) is 29.8 Å². The Morgan fingerprint density at radius 3 is 2.62 bits per heavy atom. The van der Waals surface area contributed by atoms with E-state index >= 15 is 0 Å². The molecule has 0 amide bonds. The Bertz CT molecular complexity index is 303. The van der Waals surface area contributed by atoms with Gasteiger partial charge in [0, 0.05) is 6.54 Å². The molecule has 88 valence electrons. The lowest BCUT2D eigenvalue weighted by molar-refractivity contribution is 0.414. The molecule has 2 heteroatoms. The maximum atomic E-state index is 5.13. The molecule has 1 aromatic carbocycles. The molecule has 0 aromatic heterocycles. The van der Waals surface area contributed by atoms with E-state index in [2.05, 4.69) is 17.4 Å². The maximum Gasteiger partial charge on any atom is 0.118 e. The van der Waals surface area contributed by atoms with Gasteiger partial charge in [-0.3, -0.25) is 0 Å². The second kappa shape index (κ2) is 5.90. The Kier molecular flexibility index (Phi) is 4.23. The number of nitrogens with one attached hydrogen (secondary N) is 1. The predicted molar refractivity (Wildman–Crippen MR) is 66.7 cm³/mol. The highest BCUT2D eigenvalue weighted by Gasteiger charge is 2.19. The van der Waals surface area contributed by atoms with Crippen LogP contribution in [0.15, 0.2) is 24.3 Å². The van der Waals surface area contributed by atoms with E-state index in [9.17, 15) is 0 Å². The second-order valence-corrected chi connectivity index (χ2v) is 4.61. The quantitative estimate of drug-likeness (QED) is 0.712. The number of benzene rings is 1. The van der Waals surface area contributed by atoms with E-state index in [1.54, 1.807) is 7.11 Å². The van der Waals surface area contributed by atoms with E-state index in [1.807, 2.05) is 12.1 Å². The largest absolute Gasteiger partial charge is 0.497 e. The van der Waals surface area contributed by atoms with Gasteiger partial charge in [-0.25, -0.2) is 0 Å². The first-order chi connectivity index (χ1) is 7.88. The Morgan fingerprint density at radius 2 is 2.00 bits per heavy atom. The Labute approximate surface area is 98.0 Å². The number of ether oxygens (including phenoxy) is 1. The first-order valence-electron chi connectivity index (χ1n) is 6.22. The summed E-state index contributed by atoms with van der Waals surface area (Å²) in [5, 5.41) is 3.48. The summed E-state index contributed by atoms with van der Waals surface area (Å²) in [6.07, 6.45) is 5.67. The Morgan fingerprint density at radius 1 is 1.25 bits per heavy atom. The summed E-state index contributed by atoms with van der Waals surface area (Å²) < 4.78 is 5.13. The van der Waals surface area contributed by atoms with Gasteiger partial charge in [0.2, 0.25) is 0 Å². The van der Waals surface area contributed by atoms with E-state index < -0.39 is 0 Å². The monoisotopic (exact) mass is 219 g/mol. The standard InChI is InChI=1S/C14H21NO/c1-16-14-8-6-13(7-9-14)11-15-10-2-3-12-4-5-12/h6-9,12,15H,2-5,10-11H2,1H3. The van der Waals surface area contributed by atoms with Crippen molar-refractivity contribution in [2.24, 2.45) is 5.92 Å². The summed E-state index contributed by atoms with van der Waals surface area (Å²) in [5.74, 6) is 1.99. The van der Waals surface area contributed by atoms with Gasteiger partial charge >= 0.3 is 0 Å². The predicted octanol–water partition coefficient (Wildman–Crippen LogP) is 2.98. The molecule has 1 saturated carbocycles. The summed E-state index contributed by atoms with van der Waals surface area (Å²) >= 11 is 0. The Balaban J connectivity index is 1.60. The van der Waals surface area contributed by atoms with Gasteiger partial charge in [0.25, 0.3) is 0 Å². The summed E-state index contributed by atoms with van der Waals surface area (Å²) in [6, 6.07) is 8.27. The molecule has 0 bridgehead atoms. The fraction of sp³-hybridized carbons (Fsp3) is 0.571. The number of rotatable bonds is 7. The number of hydrogen-bond donors (Lipinski definition) is 1. The average Bonchev–Trinajstić information content (AvgIpc) is 3.13. The van der Waals surface area contributed by atoms with Crippen molar-refractivity contribution in [2.45, 2.75) is 32.2 Å². The van der Waals surface area contributed by atoms with Gasteiger partial charge in [-0.1, -0.05) is 25.0 Å². The van der Waals surface area contributed by atoms with E-state index in [1.165, 1.54) is 31.2 Å².